The number of benzene rings is 2. The molecule has 19 heavy (non-hydrogen) atoms. The lowest BCUT2D eigenvalue weighted by Gasteiger charge is -2.11. The molecule has 0 radical (unpaired) electrons. The van der Waals surface area contributed by atoms with Crippen LogP contribution in [0.5, 0.6) is 11.5 Å². The van der Waals surface area contributed by atoms with Gasteiger partial charge in [-0.2, -0.15) is 0 Å². The third-order valence-electron chi connectivity index (χ3n) is 2.61. The monoisotopic (exact) mass is 387 g/mol. The van der Waals surface area contributed by atoms with Crippen LogP contribution in [0.3, 0.4) is 0 Å². The fraction of sp³-hybridized carbons (Fsp3) is 0.200. The zero-order chi connectivity index (χ0) is 13.8. The summed E-state index contributed by atoms with van der Waals surface area (Å²) < 4.78 is 6.88. The normalized spacial score (nSPS) is 12.2. The molecular weight excluding hydrogens is 373 g/mol. The molecular formula is C15H15ClINO. The minimum absolute atomic E-state index is 0.123. The summed E-state index contributed by atoms with van der Waals surface area (Å²) in [4.78, 5) is 0. The number of halogens is 2. The van der Waals surface area contributed by atoms with Crippen LogP contribution in [0.4, 0.5) is 0 Å². The smallest absolute Gasteiger partial charge is 0.146 e. The predicted molar refractivity (Wildman–Crippen MR) is 88.0 cm³/mol. The minimum atomic E-state index is 0.123. The highest BCUT2D eigenvalue weighted by Crippen LogP contribution is 2.32. The van der Waals surface area contributed by atoms with Gasteiger partial charge in [-0.05, 0) is 65.8 Å². The summed E-state index contributed by atoms with van der Waals surface area (Å²) in [5, 5.41) is 0.609. The maximum atomic E-state index is 6.25. The molecule has 0 aromatic heterocycles. The second-order valence-electron chi connectivity index (χ2n) is 4.48. The largest absolute Gasteiger partial charge is 0.455 e. The van der Waals surface area contributed by atoms with Crippen LogP contribution >= 0.6 is 34.2 Å². The summed E-state index contributed by atoms with van der Waals surface area (Å²) in [6.07, 6.45) is 0.808. The lowest BCUT2D eigenvalue weighted by molar-refractivity contribution is 0.479. The second kappa shape index (κ2) is 6.59. The molecule has 2 aromatic carbocycles. The van der Waals surface area contributed by atoms with Crippen molar-refractivity contribution in [3.05, 3.63) is 56.6 Å². The van der Waals surface area contributed by atoms with E-state index >= 15 is 0 Å². The van der Waals surface area contributed by atoms with Crippen molar-refractivity contribution >= 4 is 34.2 Å². The molecule has 0 saturated carbocycles. The molecule has 2 aromatic rings. The van der Waals surface area contributed by atoms with Gasteiger partial charge in [-0.1, -0.05) is 29.8 Å². The first-order valence-corrected chi connectivity index (χ1v) is 7.48. The Kier molecular flexibility index (Phi) is 5.07. The van der Waals surface area contributed by atoms with E-state index in [1.165, 1.54) is 0 Å². The van der Waals surface area contributed by atoms with Gasteiger partial charge in [0, 0.05) is 6.04 Å². The van der Waals surface area contributed by atoms with E-state index in [1.807, 2.05) is 49.4 Å². The van der Waals surface area contributed by atoms with Crippen LogP contribution in [0, 0.1) is 3.57 Å². The molecule has 100 valence electrons. The van der Waals surface area contributed by atoms with E-state index in [4.69, 9.17) is 22.1 Å². The van der Waals surface area contributed by atoms with E-state index in [0.29, 0.717) is 10.8 Å². The van der Waals surface area contributed by atoms with Crippen molar-refractivity contribution < 1.29 is 4.74 Å². The van der Waals surface area contributed by atoms with Crippen molar-refractivity contribution in [1.29, 1.82) is 0 Å². The fourth-order valence-corrected chi connectivity index (χ4v) is 2.51. The summed E-state index contributed by atoms with van der Waals surface area (Å²) in [6.45, 7) is 1.98. The predicted octanol–water partition coefficient (Wildman–Crippen LogP) is 4.63. The zero-order valence-electron chi connectivity index (χ0n) is 10.6. The molecule has 0 fully saturated rings. The summed E-state index contributed by atoms with van der Waals surface area (Å²) in [6, 6.07) is 13.8. The minimum Gasteiger partial charge on any atom is -0.455 e. The quantitative estimate of drug-likeness (QED) is 0.777. The number of para-hydroxylation sites is 1. The average molecular weight is 388 g/mol. The van der Waals surface area contributed by atoms with Crippen LogP contribution in [-0.4, -0.2) is 6.04 Å². The van der Waals surface area contributed by atoms with E-state index < -0.39 is 0 Å². The Morgan fingerprint density at radius 1 is 1.21 bits per heavy atom. The molecule has 0 aliphatic carbocycles. The van der Waals surface area contributed by atoms with E-state index in [-0.39, 0.29) is 6.04 Å². The maximum Gasteiger partial charge on any atom is 0.146 e. The first-order valence-electron chi connectivity index (χ1n) is 6.02. The molecule has 0 saturated heterocycles. The van der Waals surface area contributed by atoms with Gasteiger partial charge in [0.05, 0.1) is 8.59 Å². The topological polar surface area (TPSA) is 35.2 Å². The SMILES string of the molecule is CC(N)Cc1ccc(Oc2ccccc2I)c(Cl)c1. The average Bonchev–Trinajstić information content (AvgIpc) is 2.34. The Labute approximate surface area is 132 Å². The Morgan fingerprint density at radius 2 is 1.95 bits per heavy atom. The number of rotatable bonds is 4. The molecule has 4 heteroatoms. The number of hydrogen-bond acceptors (Lipinski definition) is 2. The fourth-order valence-electron chi connectivity index (χ4n) is 1.77. The lowest BCUT2D eigenvalue weighted by atomic mass is 10.1. The molecule has 2 nitrogen and oxygen atoms in total. The van der Waals surface area contributed by atoms with Crippen molar-refractivity contribution in [2.45, 2.75) is 19.4 Å². The Morgan fingerprint density at radius 3 is 2.58 bits per heavy atom. The van der Waals surface area contributed by atoms with E-state index in [0.717, 1.165) is 21.3 Å². The summed E-state index contributed by atoms with van der Waals surface area (Å²) in [7, 11) is 0. The van der Waals surface area contributed by atoms with Crippen LogP contribution in [0.25, 0.3) is 0 Å². The highest BCUT2D eigenvalue weighted by atomic mass is 127. The van der Waals surface area contributed by atoms with Crippen LogP contribution < -0.4 is 10.5 Å². The van der Waals surface area contributed by atoms with Crippen molar-refractivity contribution in [2.24, 2.45) is 5.73 Å². The van der Waals surface area contributed by atoms with Gasteiger partial charge in [0.25, 0.3) is 0 Å². The van der Waals surface area contributed by atoms with Crippen molar-refractivity contribution in [1.82, 2.24) is 0 Å². The third kappa shape index (κ3) is 4.09. The van der Waals surface area contributed by atoms with Crippen LogP contribution in [0.2, 0.25) is 5.02 Å². The first kappa shape index (κ1) is 14.6. The van der Waals surface area contributed by atoms with Crippen LogP contribution in [-0.2, 0) is 6.42 Å². The van der Waals surface area contributed by atoms with E-state index in [9.17, 15) is 0 Å². The van der Waals surface area contributed by atoms with Gasteiger partial charge in [-0.15, -0.1) is 0 Å². The molecule has 2 N–H and O–H groups in total. The molecule has 1 unspecified atom stereocenters. The number of ether oxygens (including phenoxy) is 1. The molecule has 1 atom stereocenters. The zero-order valence-corrected chi connectivity index (χ0v) is 13.5. The summed E-state index contributed by atoms with van der Waals surface area (Å²) in [5.41, 5.74) is 6.90. The number of nitrogens with two attached hydrogens (primary N) is 1. The van der Waals surface area contributed by atoms with Crippen molar-refractivity contribution in [2.75, 3.05) is 0 Å². The summed E-state index contributed by atoms with van der Waals surface area (Å²) in [5.74, 6) is 1.48. The van der Waals surface area contributed by atoms with Gasteiger partial charge in [-0.25, -0.2) is 0 Å². The van der Waals surface area contributed by atoms with E-state index in [2.05, 4.69) is 22.6 Å². The first-order chi connectivity index (χ1) is 9.06. The molecule has 0 amide bonds. The Balaban J connectivity index is 2.20. The highest BCUT2D eigenvalue weighted by molar-refractivity contribution is 14.1. The lowest BCUT2D eigenvalue weighted by Crippen LogP contribution is -2.17. The van der Waals surface area contributed by atoms with Gasteiger partial charge < -0.3 is 10.5 Å². The Bertz CT molecular complexity index is 572. The van der Waals surface area contributed by atoms with Gasteiger partial charge >= 0.3 is 0 Å². The maximum absolute atomic E-state index is 6.25. The molecule has 2 rings (SSSR count). The molecule has 0 heterocycles. The van der Waals surface area contributed by atoms with Gasteiger partial charge in [0.15, 0.2) is 0 Å². The van der Waals surface area contributed by atoms with Gasteiger partial charge in [-0.3, -0.25) is 0 Å². The molecule has 0 bridgehead atoms. The van der Waals surface area contributed by atoms with Crippen molar-refractivity contribution in [3.63, 3.8) is 0 Å². The molecule has 0 aliphatic rings. The number of hydrogen-bond donors (Lipinski definition) is 1. The second-order valence-corrected chi connectivity index (χ2v) is 6.05. The van der Waals surface area contributed by atoms with Crippen molar-refractivity contribution in [3.8, 4) is 11.5 Å². The molecule has 0 spiro atoms. The Hall–Kier alpha value is -0.780. The van der Waals surface area contributed by atoms with Gasteiger partial charge in [0.2, 0.25) is 0 Å². The van der Waals surface area contributed by atoms with Crippen LogP contribution in [0.1, 0.15) is 12.5 Å². The third-order valence-corrected chi connectivity index (χ3v) is 3.80. The standard InChI is InChI=1S/C15H15ClINO/c1-10(18)8-11-6-7-14(12(16)9-11)19-15-5-3-2-4-13(15)17/h2-7,9-10H,8,18H2,1H3. The molecule has 0 aliphatic heterocycles. The summed E-state index contributed by atoms with van der Waals surface area (Å²) >= 11 is 8.48. The van der Waals surface area contributed by atoms with Crippen LogP contribution in [0.15, 0.2) is 42.5 Å². The van der Waals surface area contributed by atoms with Gasteiger partial charge in [0.1, 0.15) is 11.5 Å². The van der Waals surface area contributed by atoms with E-state index in [1.54, 1.807) is 0 Å². The highest BCUT2D eigenvalue weighted by Gasteiger charge is 2.07.